The summed E-state index contributed by atoms with van der Waals surface area (Å²) >= 11 is 0. The zero-order valence-electron chi connectivity index (χ0n) is 13.5. The molecule has 0 aliphatic carbocycles. The van der Waals surface area contributed by atoms with Crippen molar-refractivity contribution in [2.45, 2.75) is 90.0 Å². The van der Waals surface area contributed by atoms with Crippen LogP contribution >= 0.6 is 0 Å². The number of unbranched alkanes of at least 4 members (excludes halogenated alkanes) is 6. The SMILES string of the molecule is CCCCCCCCCC(=O)N1CCCCCC1C(=O)O. The van der Waals surface area contributed by atoms with Gasteiger partial charge < -0.3 is 10.0 Å². The van der Waals surface area contributed by atoms with Crippen molar-refractivity contribution in [1.82, 2.24) is 4.90 Å². The normalized spacial score (nSPS) is 19.3. The Labute approximate surface area is 128 Å². The number of nitrogens with zero attached hydrogens (tertiary/aromatic N) is 1. The van der Waals surface area contributed by atoms with Crippen LogP contribution in [0.25, 0.3) is 0 Å². The van der Waals surface area contributed by atoms with Crippen molar-refractivity contribution in [1.29, 1.82) is 0 Å². The van der Waals surface area contributed by atoms with E-state index in [-0.39, 0.29) is 5.91 Å². The molecule has 0 saturated carbocycles. The van der Waals surface area contributed by atoms with Crippen molar-refractivity contribution in [3.8, 4) is 0 Å². The van der Waals surface area contributed by atoms with E-state index in [1.54, 1.807) is 4.90 Å². The molecule has 0 aromatic heterocycles. The summed E-state index contributed by atoms with van der Waals surface area (Å²) in [6, 6.07) is -0.593. The van der Waals surface area contributed by atoms with Gasteiger partial charge in [0.25, 0.3) is 0 Å². The molecule has 122 valence electrons. The highest BCUT2D eigenvalue weighted by Gasteiger charge is 2.30. The third-order valence-corrected chi connectivity index (χ3v) is 4.35. The highest BCUT2D eigenvalue weighted by atomic mass is 16.4. The number of carboxylic acid groups (broad SMARTS) is 1. The molecule has 0 aromatic carbocycles. The summed E-state index contributed by atoms with van der Waals surface area (Å²) in [4.78, 5) is 25.2. The summed E-state index contributed by atoms with van der Waals surface area (Å²) in [7, 11) is 0. The van der Waals surface area contributed by atoms with Gasteiger partial charge >= 0.3 is 5.97 Å². The Morgan fingerprint density at radius 2 is 1.67 bits per heavy atom. The van der Waals surface area contributed by atoms with Crippen molar-refractivity contribution in [3.63, 3.8) is 0 Å². The number of hydrogen-bond donors (Lipinski definition) is 1. The monoisotopic (exact) mass is 297 g/mol. The Balaban J connectivity index is 2.26. The second kappa shape index (κ2) is 10.6. The molecule has 0 radical (unpaired) electrons. The topological polar surface area (TPSA) is 57.6 Å². The molecule has 1 fully saturated rings. The van der Waals surface area contributed by atoms with E-state index >= 15 is 0 Å². The Bertz CT molecular complexity index is 317. The molecule has 1 unspecified atom stereocenters. The zero-order chi connectivity index (χ0) is 15.5. The van der Waals surface area contributed by atoms with E-state index < -0.39 is 12.0 Å². The highest BCUT2D eigenvalue weighted by Crippen LogP contribution is 2.19. The average molecular weight is 297 g/mol. The molecule has 4 nitrogen and oxygen atoms in total. The van der Waals surface area contributed by atoms with E-state index in [0.717, 1.165) is 32.1 Å². The molecule has 0 aromatic rings. The fourth-order valence-electron chi connectivity index (χ4n) is 3.04. The van der Waals surface area contributed by atoms with Gasteiger partial charge in [-0.25, -0.2) is 4.79 Å². The number of carbonyl (C=O) groups is 2. The van der Waals surface area contributed by atoms with Crippen molar-refractivity contribution in [3.05, 3.63) is 0 Å². The molecule has 4 heteroatoms. The smallest absolute Gasteiger partial charge is 0.326 e. The van der Waals surface area contributed by atoms with Gasteiger partial charge in [0, 0.05) is 13.0 Å². The molecule has 0 bridgehead atoms. The van der Waals surface area contributed by atoms with E-state index in [4.69, 9.17) is 0 Å². The maximum atomic E-state index is 12.3. The third-order valence-electron chi connectivity index (χ3n) is 4.35. The lowest BCUT2D eigenvalue weighted by Crippen LogP contribution is -2.44. The standard InChI is InChI=1S/C17H31NO3/c1-2-3-4-5-6-7-10-13-16(19)18-14-11-8-9-12-15(18)17(20)21/h15H,2-14H2,1H3,(H,20,21). The molecule has 21 heavy (non-hydrogen) atoms. The Hall–Kier alpha value is -1.06. The van der Waals surface area contributed by atoms with Crippen LogP contribution in [0.5, 0.6) is 0 Å². The van der Waals surface area contributed by atoms with Crippen LogP contribution in [0.2, 0.25) is 0 Å². The minimum Gasteiger partial charge on any atom is -0.480 e. The van der Waals surface area contributed by atoms with Crippen molar-refractivity contribution in [2.24, 2.45) is 0 Å². The van der Waals surface area contributed by atoms with Crippen LogP contribution in [0.15, 0.2) is 0 Å². The maximum absolute atomic E-state index is 12.3. The van der Waals surface area contributed by atoms with Crippen LogP contribution in [0.4, 0.5) is 0 Å². The van der Waals surface area contributed by atoms with E-state index in [1.165, 1.54) is 32.1 Å². The summed E-state index contributed by atoms with van der Waals surface area (Å²) in [5.74, 6) is -0.803. The molecule has 1 aliphatic heterocycles. The first-order chi connectivity index (χ1) is 10.2. The van der Waals surface area contributed by atoms with Crippen molar-refractivity contribution in [2.75, 3.05) is 6.54 Å². The van der Waals surface area contributed by atoms with E-state index in [1.807, 2.05) is 0 Å². The second-order valence-corrected chi connectivity index (χ2v) is 6.16. The molecular weight excluding hydrogens is 266 g/mol. The lowest BCUT2D eigenvalue weighted by Gasteiger charge is -2.27. The Kier molecular flexibility index (Phi) is 9.11. The molecule has 1 saturated heterocycles. The molecular formula is C17H31NO3. The number of carboxylic acids is 1. The molecule has 1 amide bonds. The number of amides is 1. The lowest BCUT2D eigenvalue weighted by atomic mass is 10.1. The number of aliphatic carboxylic acids is 1. The van der Waals surface area contributed by atoms with Crippen LogP contribution in [0.1, 0.15) is 84.0 Å². The van der Waals surface area contributed by atoms with Gasteiger partial charge in [-0.3, -0.25) is 4.79 Å². The lowest BCUT2D eigenvalue weighted by molar-refractivity contribution is -0.150. The number of likely N-dealkylation sites (tertiary alicyclic amines) is 1. The highest BCUT2D eigenvalue weighted by molar-refractivity contribution is 5.83. The predicted molar refractivity (Wildman–Crippen MR) is 84.2 cm³/mol. The van der Waals surface area contributed by atoms with Gasteiger partial charge in [-0.1, -0.05) is 58.3 Å². The number of rotatable bonds is 9. The average Bonchev–Trinajstić information content (AvgIpc) is 2.72. The predicted octanol–water partition coefficient (Wildman–Crippen LogP) is 3.98. The van der Waals surface area contributed by atoms with Crippen LogP contribution in [0.3, 0.4) is 0 Å². The maximum Gasteiger partial charge on any atom is 0.326 e. The fourth-order valence-corrected chi connectivity index (χ4v) is 3.04. The van der Waals surface area contributed by atoms with Gasteiger partial charge in [-0.15, -0.1) is 0 Å². The molecule has 1 aliphatic rings. The van der Waals surface area contributed by atoms with Gasteiger partial charge in [-0.2, -0.15) is 0 Å². The first-order valence-electron chi connectivity index (χ1n) is 8.69. The Morgan fingerprint density at radius 3 is 2.33 bits per heavy atom. The van der Waals surface area contributed by atoms with Crippen molar-refractivity contribution >= 4 is 11.9 Å². The quantitative estimate of drug-likeness (QED) is 0.655. The zero-order valence-corrected chi connectivity index (χ0v) is 13.5. The van der Waals surface area contributed by atoms with Crippen LogP contribution in [-0.4, -0.2) is 34.5 Å². The summed E-state index contributed by atoms with van der Waals surface area (Å²) in [6.45, 7) is 2.82. The minimum atomic E-state index is -0.843. The first kappa shape index (κ1) is 18.0. The largest absolute Gasteiger partial charge is 0.480 e. The van der Waals surface area contributed by atoms with E-state index in [2.05, 4.69) is 6.92 Å². The first-order valence-corrected chi connectivity index (χ1v) is 8.69. The molecule has 1 atom stereocenters. The summed E-state index contributed by atoms with van der Waals surface area (Å²) < 4.78 is 0. The van der Waals surface area contributed by atoms with Gasteiger partial charge in [0.05, 0.1) is 0 Å². The third kappa shape index (κ3) is 6.96. The molecule has 1 rings (SSSR count). The molecule has 1 N–H and O–H groups in total. The van der Waals surface area contributed by atoms with Gasteiger partial charge in [0.15, 0.2) is 0 Å². The van der Waals surface area contributed by atoms with Gasteiger partial charge in [0.2, 0.25) is 5.91 Å². The number of hydrogen-bond acceptors (Lipinski definition) is 2. The number of carbonyl (C=O) groups excluding carboxylic acids is 1. The van der Waals surface area contributed by atoms with E-state index in [9.17, 15) is 14.7 Å². The molecule has 1 heterocycles. The Morgan fingerprint density at radius 1 is 1.00 bits per heavy atom. The second-order valence-electron chi connectivity index (χ2n) is 6.16. The molecule has 0 spiro atoms. The van der Waals surface area contributed by atoms with E-state index in [0.29, 0.717) is 19.4 Å². The summed E-state index contributed by atoms with van der Waals surface area (Å²) in [5, 5.41) is 9.28. The summed E-state index contributed by atoms with van der Waals surface area (Å²) in [6.07, 6.45) is 12.3. The van der Waals surface area contributed by atoms with Crippen LogP contribution < -0.4 is 0 Å². The van der Waals surface area contributed by atoms with Crippen molar-refractivity contribution < 1.29 is 14.7 Å². The van der Waals surface area contributed by atoms with Crippen LogP contribution in [-0.2, 0) is 9.59 Å². The summed E-state index contributed by atoms with van der Waals surface area (Å²) in [5.41, 5.74) is 0. The van der Waals surface area contributed by atoms with Crippen LogP contribution in [0, 0.1) is 0 Å². The van der Waals surface area contributed by atoms with Gasteiger partial charge in [-0.05, 0) is 19.3 Å². The minimum absolute atomic E-state index is 0.0397. The van der Waals surface area contributed by atoms with Gasteiger partial charge in [0.1, 0.15) is 6.04 Å². The fraction of sp³-hybridized carbons (Fsp3) is 0.882.